The molecule has 1 aliphatic heterocycles. The van der Waals surface area contributed by atoms with Gasteiger partial charge in [0.15, 0.2) is 0 Å². The van der Waals surface area contributed by atoms with E-state index in [4.69, 9.17) is 4.42 Å². The van der Waals surface area contributed by atoms with E-state index in [2.05, 4.69) is 20.5 Å². The predicted octanol–water partition coefficient (Wildman–Crippen LogP) is 0.419. The first-order chi connectivity index (χ1) is 11.6. The summed E-state index contributed by atoms with van der Waals surface area (Å²) in [6.07, 6.45) is 3.74. The number of furan rings is 1. The van der Waals surface area contributed by atoms with Gasteiger partial charge < -0.3 is 19.8 Å². The molecule has 2 N–H and O–H groups in total. The van der Waals surface area contributed by atoms with Gasteiger partial charge in [-0.3, -0.25) is 9.48 Å². The van der Waals surface area contributed by atoms with Gasteiger partial charge in [-0.1, -0.05) is 0 Å². The van der Waals surface area contributed by atoms with Crippen molar-refractivity contribution in [2.45, 2.75) is 12.5 Å². The number of hydrogen-bond acceptors (Lipinski definition) is 6. The molecular weight excluding hydrogens is 312 g/mol. The highest BCUT2D eigenvalue weighted by atomic mass is 16.5. The molecule has 0 spiro atoms. The lowest BCUT2D eigenvalue weighted by atomic mass is 9.90. The molecule has 0 radical (unpaired) electrons. The second kappa shape index (κ2) is 6.88. The molecule has 128 valence electrons. The average Bonchev–Trinajstić information content (AvgIpc) is 3.31. The van der Waals surface area contributed by atoms with Gasteiger partial charge in [0.1, 0.15) is 5.76 Å². The fraction of sp³-hybridized carbons (Fsp3) is 0.438. The molecule has 8 heteroatoms. The predicted molar refractivity (Wildman–Crippen MR) is 84.2 cm³/mol. The highest BCUT2D eigenvalue weighted by Gasteiger charge is 2.34. The van der Waals surface area contributed by atoms with Crippen LogP contribution in [0, 0.1) is 5.92 Å². The first-order valence-electron chi connectivity index (χ1n) is 7.72. The molecule has 0 aliphatic carbocycles. The maximum Gasteiger partial charge on any atom is 0.373 e. The number of carbonyl (C=O) groups is 2. The summed E-state index contributed by atoms with van der Waals surface area (Å²) in [5.41, 5.74) is 1.05. The maximum absolute atomic E-state index is 12.5. The molecule has 1 saturated heterocycles. The van der Waals surface area contributed by atoms with E-state index in [1.807, 2.05) is 13.2 Å². The molecule has 1 fully saturated rings. The minimum Gasteiger partial charge on any atom is -0.463 e. The van der Waals surface area contributed by atoms with E-state index in [0.717, 1.165) is 12.1 Å². The Balaban J connectivity index is 1.60. The van der Waals surface area contributed by atoms with E-state index < -0.39 is 5.97 Å². The third-order valence-corrected chi connectivity index (χ3v) is 4.19. The van der Waals surface area contributed by atoms with Crippen LogP contribution in [0.2, 0.25) is 0 Å². The molecule has 0 bridgehead atoms. The standard InChI is InChI=1S/C16H20N4O4/c1-20-9-10(5-19-20)12-7-17-8-13(12)15(21)18-6-11-3-4-14(24-11)16(22)23-2/h3-5,9,12-13,17H,6-8H2,1-2H3,(H,18,21)/t12-,13+/m1/s1. The van der Waals surface area contributed by atoms with E-state index in [-0.39, 0.29) is 30.0 Å². The zero-order chi connectivity index (χ0) is 17.1. The molecule has 24 heavy (non-hydrogen) atoms. The van der Waals surface area contributed by atoms with Crippen molar-refractivity contribution in [3.63, 3.8) is 0 Å². The Hall–Kier alpha value is -2.61. The van der Waals surface area contributed by atoms with Crippen molar-refractivity contribution in [1.29, 1.82) is 0 Å². The Morgan fingerprint density at radius 1 is 1.46 bits per heavy atom. The largest absolute Gasteiger partial charge is 0.463 e. The van der Waals surface area contributed by atoms with Crippen LogP contribution in [0.15, 0.2) is 28.9 Å². The number of amides is 1. The van der Waals surface area contributed by atoms with Gasteiger partial charge in [0, 0.05) is 32.3 Å². The smallest absolute Gasteiger partial charge is 0.373 e. The number of nitrogens with one attached hydrogen (secondary N) is 2. The third-order valence-electron chi connectivity index (χ3n) is 4.19. The molecule has 1 amide bonds. The summed E-state index contributed by atoms with van der Waals surface area (Å²) in [5.74, 6) is -0.0237. The summed E-state index contributed by atoms with van der Waals surface area (Å²) in [6.45, 7) is 1.60. The van der Waals surface area contributed by atoms with E-state index in [0.29, 0.717) is 12.3 Å². The third kappa shape index (κ3) is 3.33. The molecule has 2 atom stereocenters. The summed E-state index contributed by atoms with van der Waals surface area (Å²) in [5, 5.41) is 10.3. The Kier molecular flexibility index (Phi) is 4.66. The van der Waals surface area contributed by atoms with Gasteiger partial charge in [-0.15, -0.1) is 0 Å². The molecule has 3 heterocycles. The monoisotopic (exact) mass is 332 g/mol. The molecule has 0 aromatic carbocycles. The Morgan fingerprint density at radius 3 is 3.00 bits per heavy atom. The lowest BCUT2D eigenvalue weighted by molar-refractivity contribution is -0.125. The first kappa shape index (κ1) is 16.3. The number of esters is 1. The molecular formula is C16H20N4O4. The van der Waals surface area contributed by atoms with Crippen molar-refractivity contribution in [2.24, 2.45) is 13.0 Å². The highest BCUT2D eigenvalue weighted by Crippen LogP contribution is 2.28. The van der Waals surface area contributed by atoms with Crippen LogP contribution in [0.5, 0.6) is 0 Å². The van der Waals surface area contributed by atoms with Gasteiger partial charge >= 0.3 is 5.97 Å². The van der Waals surface area contributed by atoms with Crippen LogP contribution in [0.4, 0.5) is 0 Å². The van der Waals surface area contributed by atoms with Crippen molar-refractivity contribution in [3.05, 3.63) is 41.6 Å². The van der Waals surface area contributed by atoms with Crippen LogP contribution < -0.4 is 10.6 Å². The Morgan fingerprint density at radius 2 is 2.29 bits per heavy atom. The number of nitrogens with zero attached hydrogens (tertiary/aromatic N) is 2. The number of ether oxygens (including phenoxy) is 1. The number of rotatable bonds is 5. The number of aromatic nitrogens is 2. The number of methoxy groups -OCH3 is 1. The molecule has 0 unspecified atom stereocenters. The van der Waals surface area contributed by atoms with E-state index in [9.17, 15) is 9.59 Å². The zero-order valence-corrected chi connectivity index (χ0v) is 13.6. The SMILES string of the molecule is COC(=O)c1ccc(CNC(=O)[C@H]2CNC[C@@H]2c2cnn(C)c2)o1. The summed E-state index contributed by atoms with van der Waals surface area (Å²) >= 11 is 0. The molecule has 1 aliphatic rings. The van der Waals surface area contributed by atoms with Crippen molar-refractivity contribution in [2.75, 3.05) is 20.2 Å². The van der Waals surface area contributed by atoms with Gasteiger partial charge in [-0.25, -0.2) is 4.79 Å². The topological polar surface area (TPSA) is 98.4 Å². The van der Waals surface area contributed by atoms with E-state index >= 15 is 0 Å². The highest BCUT2D eigenvalue weighted by molar-refractivity contribution is 5.86. The second-order valence-electron chi connectivity index (χ2n) is 5.79. The molecule has 0 saturated carbocycles. The minimum atomic E-state index is -0.538. The first-order valence-corrected chi connectivity index (χ1v) is 7.72. The number of hydrogen-bond donors (Lipinski definition) is 2. The Bertz CT molecular complexity index is 736. The van der Waals surface area contributed by atoms with Gasteiger partial charge in [0.05, 0.1) is 25.8 Å². The molecule has 2 aromatic rings. The lowest BCUT2D eigenvalue weighted by Crippen LogP contribution is -2.33. The maximum atomic E-state index is 12.5. The van der Waals surface area contributed by atoms with Crippen LogP contribution in [0.1, 0.15) is 27.8 Å². The summed E-state index contributed by atoms with van der Waals surface area (Å²) in [4.78, 5) is 23.9. The van der Waals surface area contributed by atoms with Crippen molar-refractivity contribution >= 4 is 11.9 Å². The van der Waals surface area contributed by atoms with E-state index in [1.54, 1.807) is 16.9 Å². The van der Waals surface area contributed by atoms with Crippen molar-refractivity contribution in [3.8, 4) is 0 Å². The van der Waals surface area contributed by atoms with Crippen molar-refractivity contribution < 1.29 is 18.7 Å². The van der Waals surface area contributed by atoms with Gasteiger partial charge in [-0.2, -0.15) is 5.10 Å². The second-order valence-corrected chi connectivity index (χ2v) is 5.79. The molecule has 2 aromatic heterocycles. The van der Waals surface area contributed by atoms with Gasteiger partial charge in [0.25, 0.3) is 0 Å². The van der Waals surface area contributed by atoms with Crippen molar-refractivity contribution in [1.82, 2.24) is 20.4 Å². The average molecular weight is 332 g/mol. The van der Waals surface area contributed by atoms with Crippen LogP contribution in [-0.2, 0) is 23.1 Å². The number of carbonyl (C=O) groups excluding carboxylic acids is 2. The summed E-state index contributed by atoms with van der Waals surface area (Å²) in [6, 6.07) is 3.18. The van der Waals surface area contributed by atoms with Crippen LogP contribution in [-0.4, -0.2) is 41.9 Å². The Labute approximate surface area is 139 Å². The van der Waals surface area contributed by atoms with Crippen LogP contribution in [0.3, 0.4) is 0 Å². The molecule has 8 nitrogen and oxygen atoms in total. The molecule has 3 rings (SSSR count). The fourth-order valence-electron chi connectivity index (χ4n) is 2.92. The van der Waals surface area contributed by atoms with Crippen LogP contribution >= 0.6 is 0 Å². The van der Waals surface area contributed by atoms with Crippen LogP contribution in [0.25, 0.3) is 0 Å². The quantitative estimate of drug-likeness (QED) is 0.770. The number of aryl methyl sites for hydroxylation is 1. The normalized spacial score (nSPS) is 20.1. The lowest BCUT2D eigenvalue weighted by Gasteiger charge is -2.16. The summed E-state index contributed by atoms with van der Waals surface area (Å²) < 4.78 is 11.7. The van der Waals surface area contributed by atoms with Gasteiger partial charge in [0.2, 0.25) is 11.7 Å². The minimum absolute atomic E-state index is 0.0510. The van der Waals surface area contributed by atoms with Gasteiger partial charge in [-0.05, 0) is 17.7 Å². The zero-order valence-electron chi connectivity index (χ0n) is 13.6. The fourth-order valence-corrected chi connectivity index (χ4v) is 2.92. The summed E-state index contributed by atoms with van der Waals surface area (Å²) in [7, 11) is 3.15. The van der Waals surface area contributed by atoms with E-state index in [1.165, 1.54) is 13.2 Å².